The van der Waals surface area contributed by atoms with E-state index in [1.807, 2.05) is 29.6 Å². The van der Waals surface area contributed by atoms with Crippen molar-refractivity contribution in [3.05, 3.63) is 47.6 Å². The first-order valence-electron chi connectivity index (χ1n) is 6.86. The monoisotopic (exact) mass is 299 g/mol. The Morgan fingerprint density at radius 1 is 1.29 bits per heavy atom. The minimum Gasteiger partial charge on any atom is -0.491 e. The zero-order valence-corrected chi connectivity index (χ0v) is 12.9. The Morgan fingerprint density at radius 3 is 3.05 bits per heavy atom. The molecule has 21 heavy (non-hydrogen) atoms. The second-order valence-corrected chi connectivity index (χ2v) is 5.93. The minimum atomic E-state index is 0.156. The number of nitrogens with zero attached hydrogens (tertiary/aromatic N) is 2. The zero-order valence-electron chi connectivity index (χ0n) is 12.0. The molecule has 5 heteroatoms. The lowest BCUT2D eigenvalue weighted by Crippen LogP contribution is -2.24. The number of aryl methyl sites for hydroxylation is 1. The lowest BCUT2D eigenvalue weighted by molar-refractivity contribution is 0.303. The molecule has 0 amide bonds. The van der Waals surface area contributed by atoms with Gasteiger partial charge in [-0.15, -0.1) is 11.3 Å². The summed E-state index contributed by atoms with van der Waals surface area (Å²) in [7, 11) is 0. The number of hydrogen-bond acceptors (Lipinski definition) is 5. The Hall–Kier alpha value is -2.14. The molecule has 0 saturated carbocycles. The number of nitrogens with one attached hydrogen (secondary N) is 1. The van der Waals surface area contributed by atoms with Crippen LogP contribution in [0.3, 0.4) is 0 Å². The van der Waals surface area contributed by atoms with Gasteiger partial charge in [-0.3, -0.25) is 0 Å². The Bertz CT molecular complexity index is 741. The summed E-state index contributed by atoms with van der Waals surface area (Å²) >= 11 is 1.62. The molecule has 0 spiro atoms. The van der Waals surface area contributed by atoms with Gasteiger partial charge in [0.05, 0.1) is 11.4 Å². The molecule has 0 radical (unpaired) electrons. The molecule has 2 heterocycles. The van der Waals surface area contributed by atoms with E-state index in [2.05, 4.69) is 35.2 Å². The van der Waals surface area contributed by atoms with Crippen LogP contribution in [-0.4, -0.2) is 22.6 Å². The van der Waals surface area contributed by atoms with E-state index in [1.165, 1.54) is 5.56 Å². The van der Waals surface area contributed by atoms with Gasteiger partial charge >= 0.3 is 0 Å². The van der Waals surface area contributed by atoms with E-state index in [4.69, 9.17) is 4.74 Å². The molecule has 0 fully saturated rings. The van der Waals surface area contributed by atoms with Gasteiger partial charge in [-0.25, -0.2) is 9.97 Å². The van der Waals surface area contributed by atoms with Crippen LogP contribution in [0, 0.1) is 6.92 Å². The maximum atomic E-state index is 5.81. The third-order valence-electron chi connectivity index (χ3n) is 3.13. The van der Waals surface area contributed by atoms with Gasteiger partial charge in [-0.05, 0) is 43.0 Å². The summed E-state index contributed by atoms with van der Waals surface area (Å²) in [5, 5.41) is 6.47. The van der Waals surface area contributed by atoms with Gasteiger partial charge in [0.1, 0.15) is 29.3 Å². The smallest absolute Gasteiger partial charge is 0.138 e. The molecular weight excluding hydrogens is 282 g/mol. The van der Waals surface area contributed by atoms with E-state index in [1.54, 1.807) is 17.7 Å². The summed E-state index contributed by atoms with van der Waals surface area (Å²) in [6.45, 7) is 4.72. The highest BCUT2D eigenvalue weighted by atomic mass is 32.1. The minimum absolute atomic E-state index is 0.156. The SMILES string of the molecule is Cc1cccc(OCC(C)Nc2ncnc3sccc23)c1. The van der Waals surface area contributed by atoms with Gasteiger partial charge in [0.15, 0.2) is 0 Å². The Labute approximate surface area is 127 Å². The second kappa shape index (κ2) is 6.10. The molecule has 0 aliphatic rings. The molecule has 2 aromatic heterocycles. The van der Waals surface area contributed by atoms with Crippen LogP contribution in [0.15, 0.2) is 42.0 Å². The Balaban J connectivity index is 1.64. The fourth-order valence-corrected chi connectivity index (χ4v) is 2.84. The third kappa shape index (κ3) is 3.31. The van der Waals surface area contributed by atoms with E-state index in [0.717, 1.165) is 21.8 Å². The second-order valence-electron chi connectivity index (χ2n) is 5.03. The average Bonchev–Trinajstić information content (AvgIpc) is 2.95. The Morgan fingerprint density at radius 2 is 2.19 bits per heavy atom. The van der Waals surface area contributed by atoms with Gasteiger partial charge in [0.2, 0.25) is 0 Å². The van der Waals surface area contributed by atoms with Crippen molar-refractivity contribution in [1.29, 1.82) is 0 Å². The molecule has 1 N–H and O–H groups in total. The molecule has 1 atom stereocenters. The van der Waals surface area contributed by atoms with Crippen LogP contribution in [0.5, 0.6) is 5.75 Å². The first-order valence-corrected chi connectivity index (χ1v) is 7.74. The first-order chi connectivity index (χ1) is 10.2. The normalized spacial score (nSPS) is 12.3. The number of anilines is 1. The highest BCUT2D eigenvalue weighted by molar-refractivity contribution is 7.16. The number of thiophene rings is 1. The molecule has 1 unspecified atom stereocenters. The van der Waals surface area contributed by atoms with Crippen molar-refractivity contribution in [1.82, 2.24) is 9.97 Å². The van der Waals surface area contributed by atoms with E-state index in [9.17, 15) is 0 Å². The van der Waals surface area contributed by atoms with Gasteiger partial charge in [0, 0.05) is 0 Å². The fraction of sp³-hybridized carbons (Fsp3) is 0.250. The van der Waals surface area contributed by atoms with Crippen LogP contribution in [0.2, 0.25) is 0 Å². The standard InChI is InChI=1S/C16H17N3OS/c1-11-4-3-5-13(8-11)20-9-12(2)19-15-14-6-7-21-16(14)18-10-17-15/h3-8,10,12H,9H2,1-2H3,(H,17,18,19). The molecular formula is C16H17N3OS. The maximum absolute atomic E-state index is 5.81. The lowest BCUT2D eigenvalue weighted by atomic mass is 10.2. The van der Waals surface area contributed by atoms with Crippen molar-refractivity contribution in [2.24, 2.45) is 0 Å². The molecule has 0 saturated heterocycles. The van der Waals surface area contributed by atoms with Crippen molar-refractivity contribution in [2.45, 2.75) is 19.9 Å². The van der Waals surface area contributed by atoms with Crippen LogP contribution in [0.25, 0.3) is 10.2 Å². The van der Waals surface area contributed by atoms with E-state index < -0.39 is 0 Å². The number of aromatic nitrogens is 2. The van der Waals surface area contributed by atoms with Crippen LogP contribution >= 0.6 is 11.3 Å². The summed E-state index contributed by atoms with van der Waals surface area (Å²) < 4.78 is 5.81. The summed E-state index contributed by atoms with van der Waals surface area (Å²) in [4.78, 5) is 9.57. The molecule has 3 rings (SSSR count). The van der Waals surface area contributed by atoms with Crippen LogP contribution in [0.4, 0.5) is 5.82 Å². The number of ether oxygens (including phenoxy) is 1. The summed E-state index contributed by atoms with van der Waals surface area (Å²) in [6.07, 6.45) is 1.59. The largest absolute Gasteiger partial charge is 0.491 e. The summed E-state index contributed by atoms with van der Waals surface area (Å²) in [5.74, 6) is 1.76. The maximum Gasteiger partial charge on any atom is 0.138 e. The molecule has 1 aromatic carbocycles. The van der Waals surface area contributed by atoms with E-state index >= 15 is 0 Å². The van der Waals surface area contributed by atoms with Crippen molar-refractivity contribution in [2.75, 3.05) is 11.9 Å². The number of rotatable bonds is 5. The van der Waals surface area contributed by atoms with Crippen LogP contribution in [0.1, 0.15) is 12.5 Å². The quantitative estimate of drug-likeness (QED) is 0.776. The van der Waals surface area contributed by atoms with Crippen molar-refractivity contribution >= 4 is 27.4 Å². The van der Waals surface area contributed by atoms with Gasteiger partial charge in [-0.1, -0.05) is 12.1 Å². The highest BCUT2D eigenvalue weighted by Gasteiger charge is 2.08. The molecule has 4 nitrogen and oxygen atoms in total. The van der Waals surface area contributed by atoms with Crippen LogP contribution in [-0.2, 0) is 0 Å². The lowest BCUT2D eigenvalue weighted by Gasteiger charge is -2.16. The molecule has 0 aliphatic carbocycles. The Kier molecular flexibility index (Phi) is 4.01. The fourth-order valence-electron chi connectivity index (χ4n) is 2.11. The predicted octanol–water partition coefficient (Wildman–Crippen LogP) is 3.88. The predicted molar refractivity (Wildman–Crippen MR) is 87.2 cm³/mol. The van der Waals surface area contributed by atoms with Gasteiger partial charge in [-0.2, -0.15) is 0 Å². The van der Waals surface area contributed by atoms with Crippen molar-refractivity contribution in [3.8, 4) is 5.75 Å². The number of benzene rings is 1. The topological polar surface area (TPSA) is 47.0 Å². The van der Waals surface area contributed by atoms with Gasteiger partial charge < -0.3 is 10.1 Å². The molecule has 108 valence electrons. The van der Waals surface area contributed by atoms with Crippen molar-refractivity contribution < 1.29 is 4.74 Å². The van der Waals surface area contributed by atoms with E-state index in [0.29, 0.717) is 6.61 Å². The third-order valence-corrected chi connectivity index (χ3v) is 3.96. The summed E-state index contributed by atoms with van der Waals surface area (Å²) in [5.41, 5.74) is 1.20. The van der Waals surface area contributed by atoms with Gasteiger partial charge in [0.25, 0.3) is 0 Å². The van der Waals surface area contributed by atoms with E-state index in [-0.39, 0.29) is 6.04 Å². The zero-order chi connectivity index (χ0) is 14.7. The van der Waals surface area contributed by atoms with Crippen LogP contribution < -0.4 is 10.1 Å². The first kappa shape index (κ1) is 13.8. The van der Waals surface area contributed by atoms with Crippen molar-refractivity contribution in [3.63, 3.8) is 0 Å². The summed E-state index contributed by atoms with van der Waals surface area (Å²) in [6, 6.07) is 10.3. The number of fused-ring (bicyclic) bond motifs is 1. The number of hydrogen-bond donors (Lipinski definition) is 1. The highest BCUT2D eigenvalue weighted by Crippen LogP contribution is 2.24. The molecule has 3 aromatic rings. The molecule has 0 bridgehead atoms. The average molecular weight is 299 g/mol. The molecule has 0 aliphatic heterocycles.